The Morgan fingerprint density at radius 1 is 1.06 bits per heavy atom. The van der Waals surface area contributed by atoms with Gasteiger partial charge < -0.3 is 10.2 Å². The number of hydrogen-bond donors (Lipinski definition) is 2. The molecule has 0 aromatic heterocycles. The summed E-state index contributed by atoms with van der Waals surface area (Å²) in [7, 11) is 0. The second kappa shape index (κ2) is 4.36. The molecule has 0 spiro atoms. The van der Waals surface area contributed by atoms with Gasteiger partial charge in [0.1, 0.15) is 6.54 Å². The van der Waals surface area contributed by atoms with E-state index in [9.17, 15) is 0 Å². The van der Waals surface area contributed by atoms with E-state index in [4.69, 9.17) is 0 Å². The van der Waals surface area contributed by atoms with E-state index >= 15 is 0 Å². The molecule has 3 rings (SSSR count). The predicted molar refractivity (Wildman–Crippen MR) is 73.3 cm³/mol. The highest BCUT2D eigenvalue weighted by molar-refractivity contribution is 5.13. The summed E-state index contributed by atoms with van der Waals surface area (Å²) in [6.45, 7) is 11.5. The van der Waals surface area contributed by atoms with Crippen molar-refractivity contribution in [3.05, 3.63) is 35.9 Å². The molecule has 2 atom stereocenters. The normalized spacial score (nSPS) is 39.6. The number of likely N-dealkylation sites (tertiary alicyclic amines) is 1. The first-order valence-electron chi connectivity index (χ1n) is 7.26. The Labute approximate surface area is 110 Å². The van der Waals surface area contributed by atoms with E-state index in [1.807, 2.05) is 0 Å². The quantitative estimate of drug-likeness (QED) is 0.737. The molecule has 0 amide bonds. The molecule has 2 heterocycles. The van der Waals surface area contributed by atoms with Crippen molar-refractivity contribution in [2.45, 2.75) is 26.8 Å². The van der Waals surface area contributed by atoms with Crippen LogP contribution in [0.5, 0.6) is 0 Å². The molecule has 3 N–H and O–H groups in total. The summed E-state index contributed by atoms with van der Waals surface area (Å²) in [4.78, 5) is 1.78. The van der Waals surface area contributed by atoms with Crippen LogP contribution in [-0.2, 0) is 6.54 Å². The van der Waals surface area contributed by atoms with Crippen LogP contribution in [0.4, 0.5) is 0 Å². The summed E-state index contributed by atoms with van der Waals surface area (Å²) in [5.41, 5.74) is 2.59. The van der Waals surface area contributed by atoms with Gasteiger partial charge >= 0.3 is 0 Å². The van der Waals surface area contributed by atoms with Crippen LogP contribution in [0.25, 0.3) is 0 Å². The maximum Gasteiger partial charge on any atom is 0.103 e. The van der Waals surface area contributed by atoms with Crippen molar-refractivity contribution >= 4 is 0 Å². The van der Waals surface area contributed by atoms with Gasteiger partial charge in [-0.05, 0) is 20.3 Å². The fourth-order valence-electron chi connectivity index (χ4n) is 4.49. The fraction of sp³-hybridized carbons (Fsp3) is 0.625. The number of rotatable bonds is 2. The van der Waals surface area contributed by atoms with Gasteiger partial charge in [-0.3, -0.25) is 0 Å². The van der Waals surface area contributed by atoms with Crippen LogP contribution in [0.3, 0.4) is 0 Å². The molecule has 18 heavy (non-hydrogen) atoms. The van der Waals surface area contributed by atoms with Crippen molar-refractivity contribution < 1.29 is 10.2 Å². The van der Waals surface area contributed by atoms with Crippen molar-refractivity contribution in [3.8, 4) is 0 Å². The van der Waals surface area contributed by atoms with Gasteiger partial charge in [0, 0.05) is 5.56 Å². The molecule has 2 aliphatic heterocycles. The minimum Gasteiger partial charge on any atom is -0.345 e. The number of nitrogens with two attached hydrogens (primary N) is 1. The summed E-state index contributed by atoms with van der Waals surface area (Å²) < 4.78 is 0. The van der Waals surface area contributed by atoms with E-state index in [1.54, 1.807) is 4.90 Å². The van der Waals surface area contributed by atoms with Crippen LogP contribution in [-0.4, -0.2) is 26.2 Å². The van der Waals surface area contributed by atoms with Gasteiger partial charge in [-0.1, -0.05) is 30.3 Å². The van der Waals surface area contributed by atoms with Crippen LogP contribution in [0.1, 0.15) is 25.8 Å². The van der Waals surface area contributed by atoms with E-state index in [-0.39, 0.29) is 0 Å². The summed E-state index contributed by atoms with van der Waals surface area (Å²) in [6.07, 6.45) is 1.43. The topological polar surface area (TPSA) is 21.1 Å². The number of nitrogens with one attached hydrogen (secondary N) is 1. The van der Waals surface area contributed by atoms with Crippen LogP contribution >= 0.6 is 0 Å². The second-order valence-electron chi connectivity index (χ2n) is 7.26. The molecule has 98 valence electrons. The molecule has 1 aromatic rings. The Morgan fingerprint density at radius 2 is 1.67 bits per heavy atom. The maximum absolute atomic E-state index is 2.54. The zero-order valence-corrected chi connectivity index (χ0v) is 11.7. The first-order chi connectivity index (χ1) is 8.57. The lowest BCUT2D eigenvalue weighted by molar-refractivity contribution is -0.945. The minimum absolute atomic E-state index is 0.551. The average Bonchev–Trinajstić information content (AvgIpc) is 2.27. The van der Waals surface area contributed by atoms with E-state index < -0.39 is 0 Å². The van der Waals surface area contributed by atoms with Crippen LogP contribution in [0.2, 0.25) is 0 Å². The number of quaternary nitrogens is 2. The van der Waals surface area contributed by atoms with Crippen LogP contribution in [0, 0.1) is 10.8 Å². The van der Waals surface area contributed by atoms with Gasteiger partial charge in [0.25, 0.3) is 0 Å². The molecule has 0 aliphatic carbocycles. The highest BCUT2D eigenvalue weighted by atomic mass is 15.2. The van der Waals surface area contributed by atoms with Gasteiger partial charge in [-0.25, -0.2) is 0 Å². The summed E-state index contributed by atoms with van der Waals surface area (Å²) in [5.74, 6) is 0. The lowest BCUT2D eigenvalue weighted by Gasteiger charge is -2.49. The molecule has 2 heteroatoms. The third-order valence-corrected chi connectivity index (χ3v) is 4.78. The van der Waals surface area contributed by atoms with Gasteiger partial charge in [0.05, 0.1) is 37.0 Å². The molecule has 1 aromatic carbocycles. The number of hydrogen-bond acceptors (Lipinski definition) is 0. The average molecular weight is 246 g/mol. The molecule has 2 aliphatic rings. The standard InChI is InChI=1S/C16H24N2/c1-15-9-16(2,11-17-10-15)13-18(12-15)8-14-6-4-3-5-7-14/h3-7,17H,8-13H2,1-2H3/p+2/t15-,16-/m1/s1. The number of fused-ring (bicyclic) bond motifs is 2. The molecule has 0 saturated carbocycles. The van der Waals surface area contributed by atoms with Gasteiger partial charge in [0.2, 0.25) is 0 Å². The monoisotopic (exact) mass is 246 g/mol. The summed E-state index contributed by atoms with van der Waals surface area (Å²) in [6, 6.07) is 11.0. The highest BCUT2D eigenvalue weighted by Gasteiger charge is 2.50. The molecule has 0 radical (unpaired) electrons. The smallest absolute Gasteiger partial charge is 0.103 e. The zero-order valence-electron chi connectivity index (χ0n) is 11.7. The first-order valence-corrected chi connectivity index (χ1v) is 7.26. The minimum atomic E-state index is 0.551. The molecule has 2 saturated heterocycles. The highest BCUT2D eigenvalue weighted by Crippen LogP contribution is 2.35. The van der Waals surface area contributed by atoms with E-state index in [2.05, 4.69) is 49.5 Å². The number of piperidine rings is 2. The molecule has 2 fully saturated rings. The Balaban J connectivity index is 1.74. The second-order valence-corrected chi connectivity index (χ2v) is 7.26. The van der Waals surface area contributed by atoms with Crippen molar-refractivity contribution in [2.24, 2.45) is 10.8 Å². The van der Waals surface area contributed by atoms with Gasteiger partial charge in [-0.15, -0.1) is 0 Å². The van der Waals surface area contributed by atoms with Crippen molar-refractivity contribution in [3.63, 3.8) is 0 Å². The van der Waals surface area contributed by atoms with Gasteiger partial charge in [-0.2, -0.15) is 0 Å². The molecule has 0 unspecified atom stereocenters. The molecular formula is C16H26N2+2. The summed E-state index contributed by atoms with van der Waals surface area (Å²) >= 11 is 0. The zero-order chi connectivity index (χ0) is 12.6. The van der Waals surface area contributed by atoms with Crippen LogP contribution < -0.4 is 10.2 Å². The SMILES string of the molecule is C[C@@]12C[NH2+]C[C@](C)(C[NH+](Cc3ccccc3)C1)C2. The lowest BCUT2D eigenvalue weighted by Crippen LogP contribution is -3.17. The Morgan fingerprint density at radius 3 is 2.28 bits per heavy atom. The van der Waals surface area contributed by atoms with Crippen molar-refractivity contribution in [1.29, 1.82) is 0 Å². The predicted octanol–water partition coefficient (Wildman–Crippen LogP) is 0.0648. The molecule has 2 bridgehead atoms. The molecule has 2 nitrogen and oxygen atoms in total. The number of benzene rings is 1. The van der Waals surface area contributed by atoms with Crippen LogP contribution in [0.15, 0.2) is 30.3 Å². The Bertz CT molecular complexity index is 398. The fourth-order valence-corrected chi connectivity index (χ4v) is 4.49. The lowest BCUT2D eigenvalue weighted by atomic mass is 9.66. The van der Waals surface area contributed by atoms with E-state index in [1.165, 1.54) is 44.7 Å². The molecular weight excluding hydrogens is 220 g/mol. The maximum atomic E-state index is 2.54. The van der Waals surface area contributed by atoms with E-state index in [0.717, 1.165) is 0 Å². The Hall–Kier alpha value is -0.860. The van der Waals surface area contributed by atoms with E-state index in [0.29, 0.717) is 10.8 Å². The third kappa shape index (κ3) is 2.45. The first kappa shape index (κ1) is 12.2. The van der Waals surface area contributed by atoms with Gasteiger partial charge in [0.15, 0.2) is 0 Å². The largest absolute Gasteiger partial charge is 0.345 e. The van der Waals surface area contributed by atoms with Crippen molar-refractivity contribution in [2.75, 3.05) is 26.2 Å². The Kier molecular flexibility index (Phi) is 2.95. The van der Waals surface area contributed by atoms with Crippen molar-refractivity contribution in [1.82, 2.24) is 0 Å². The summed E-state index contributed by atoms with van der Waals surface area (Å²) in [5, 5.41) is 2.54. The third-order valence-electron chi connectivity index (χ3n) is 4.78.